The molecule has 0 radical (unpaired) electrons. The van der Waals surface area contributed by atoms with Crippen molar-refractivity contribution in [1.82, 2.24) is 9.97 Å². The first-order chi connectivity index (χ1) is 18.4. The summed E-state index contributed by atoms with van der Waals surface area (Å²) in [6, 6.07) is 14.7. The molecule has 2 aliphatic rings. The molecule has 0 aliphatic carbocycles. The molecule has 0 amide bonds. The molecule has 6 rings (SSSR count). The molecule has 1 fully saturated rings. The van der Waals surface area contributed by atoms with E-state index >= 15 is 0 Å². The Labute approximate surface area is 232 Å². The van der Waals surface area contributed by atoms with Crippen LogP contribution in [0.3, 0.4) is 0 Å². The normalized spacial score (nSPS) is 14.9. The summed E-state index contributed by atoms with van der Waals surface area (Å²) in [4.78, 5) is 24.1. The van der Waals surface area contributed by atoms with E-state index in [-0.39, 0.29) is 11.4 Å². The third-order valence-electron chi connectivity index (χ3n) is 6.73. The van der Waals surface area contributed by atoms with Gasteiger partial charge in [0.05, 0.1) is 13.2 Å². The summed E-state index contributed by atoms with van der Waals surface area (Å²) in [7, 11) is 0. The van der Waals surface area contributed by atoms with E-state index in [0.717, 1.165) is 32.6 Å². The van der Waals surface area contributed by atoms with Gasteiger partial charge < -0.3 is 4.74 Å². The van der Waals surface area contributed by atoms with Crippen LogP contribution in [0.25, 0.3) is 11.3 Å². The summed E-state index contributed by atoms with van der Waals surface area (Å²) in [5.41, 5.74) is 4.57. The number of pyridine rings is 2. The minimum atomic E-state index is -1.52. The van der Waals surface area contributed by atoms with Gasteiger partial charge in [-0.1, -0.05) is 0 Å². The van der Waals surface area contributed by atoms with Crippen LogP contribution in [0.5, 0.6) is 11.5 Å². The Morgan fingerprint density at radius 1 is 1.08 bits per heavy atom. The molecular formula is C29H26ClFIN3O3. The number of H-pyrrole nitrogens is 1. The number of fused-ring (bicyclic) bond motifs is 2. The van der Waals surface area contributed by atoms with Gasteiger partial charge in [0.1, 0.15) is 0 Å². The van der Waals surface area contributed by atoms with Crippen molar-refractivity contribution in [2.45, 2.75) is 10.8 Å². The van der Waals surface area contributed by atoms with Gasteiger partial charge in [0.2, 0.25) is 0 Å². The average Bonchev–Trinajstić information content (AvgIpc) is 2.91. The number of hydrogen-bond acceptors (Lipinski definition) is 5. The second kappa shape index (κ2) is 10.7. The zero-order valence-electron chi connectivity index (χ0n) is 20.8. The molecule has 2 aliphatic heterocycles. The molecule has 6 nitrogen and oxygen atoms in total. The number of rotatable bonds is 5. The second-order valence-electron chi connectivity index (χ2n) is 9.42. The topological polar surface area (TPSA) is 67.5 Å². The van der Waals surface area contributed by atoms with Crippen LogP contribution in [0.4, 0.5) is 10.1 Å². The SMILES string of the molecule is CI(Cc1cncc(Cl)c1)c1ccc2c(c1)Cc1cc(F)cc(-c3cc(N4CCOCC4)cc(=O)[nH]3)c1O2. The van der Waals surface area contributed by atoms with E-state index in [4.69, 9.17) is 21.1 Å². The molecule has 38 heavy (non-hydrogen) atoms. The molecule has 2 aromatic heterocycles. The van der Waals surface area contributed by atoms with Crippen LogP contribution in [0, 0.1) is 9.39 Å². The van der Waals surface area contributed by atoms with E-state index in [1.165, 1.54) is 15.7 Å². The molecule has 1 N–H and O–H groups in total. The minimum absolute atomic E-state index is 0.239. The van der Waals surface area contributed by atoms with Crippen molar-refractivity contribution in [3.63, 3.8) is 0 Å². The summed E-state index contributed by atoms with van der Waals surface area (Å²) in [6.45, 7) is 2.62. The summed E-state index contributed by atoms with van der Waals surface area (Å²) in [6.07, 6.45) is 4.08. The van der Waals surface area contributed by atoms with Crippen LogP contribution in [0.15, 0.2) is 65.7 Å². The van der Waals surface area contributed by atoms with Crippen LogP contribution in [0.1, 0.15) is 16.7 Å². The number of nitrogens with one attached hydrogen (secondary N) is 1. The van der Waals surface area contributed by atoms with Gasteiger partial charge in [0, 0.05) is 0 Å². The van der Waals surface area contributed by atoms with E-state index in [1.54, 1.807) is 12.3 Å². The monoisotopic (exact) mass is 645 g/mol. The summed E-state index contributed by atoms with van der Waals surface area (Å²) >= 11 is 4.61. The summed E-state index contributed by atoms with van der Waals surface area (Å²) in [5, 5.41) is 0.650. The quantitative estimate of drug-likeness (QED) is 0.180. The van der Waals surface area contributed by atoms with E-state index in [0.29, 0.717) is 54.8 Å². The predicted octanol–water partition coefficient (Wildman–Crippen LogP) is 6.27. The predicted molar refractivity (Wildman–Crippen MR) is 156 cm³/mol. The maximum atomic E-state index is 14.9. The fraction of sp³-hybridized carbons (Fsp3) is 0.241. The molecule has 2 aromatic carbocycles. The third-order valence-corrected chi connectivity index (χ3v) is 11.8. The summed E-state index contributed by atoms with van der Waals surface area (Å²) < 4.78 is 29.0. The van der Waals surface area contributed by atoms with Crippen LogP contribution in [0.2, 0.25) is 5.02 Å². The van der Waals surface area contributed by atoms with Crippen molar-refractivity contribution in [1.29, 1.82) is 0 Å². The van der Waals surface area contributed by atoms with Crippen LogP contribution in [-0.2, 0) is 15.6 Å². The zero-order valence-corrected chi connectivity index (χ0v) is 23.7. The van der Waals surface area contributed by atoms with Crippen LogP contribution in [-0.4, -0.2) is 41.2 Å². The number of anilines is 1. The molecule has 4 aromatic rings. The van der Waals surface area contributed by atoms with Gasteiger partial charge in [-0.3, -0.25) is 0 Å². The number of ether oxygens (including phenoxy) is 2. The first-order valence-electron chi connectivity index (χ1n) is 12.3. The Kier molecular flexibility index (Phi) is 7.11. The second-order valence-corrected chi connectivity index (χ2v) is 15.2. The number of aromatic nitrogens is 2. The van der Waals surface area contributed by atoms with Gasteiger partial charge in [-0.15, -0.1) is 0 Å². The number of benzene rings is 2. The fourth-order valence-electron chi connectivity index (χ4n) is 4.92. The standard InChI is InChI=1S/C29H26ClFIN3O3/c1-32(15-18-8-21(30)17-33-16-18)23-2-3-27-19(11-23)9-20-10-22(31)12-25(29(20)38-27)26-13-24(14-28(36)34-26)35-4-6-37-7-5-35/h2-3,8,10-14,16-17H,4-7,9,15H2,1H3,(H,34,36). The average molecular weight is 646 g/mol. The zero-order chi connectivity index (χ0) is 26.2. The first kappa shape index (κ1) is 25.3. The Bertz CT molecular complexity index is 1570. The van der Waals surface area contributed by atoms with Crippen molar-refractivity contribution in [3.05, 3.63) is 102 Å². The number of aromatic amines is 1. The summed E-state index contributed by atoms with van der Waals surface area (Å²) in [5.74, 6) is 0.977. The van der Waals surface area contributed by atoms with E-state index in [1.807, 2.05) is 24.4 Å². The Balaban J connectivity index is 1.31. The van der Waals surface area contributed by atoms with Gasteiger partial charge in [0.25, 0.3) is 0 Å². The molecule has 0 atom stereocenters. The molecule has 0 unspecified atom stereocenters. The maximum absolute atomic E-state index is 14.9. The molecule has 9 heteroatoms. The Morgan fingerprint density at radius 2 is 1.92 bits per heavy atom. The molecule has 196 valence electrons. The van der Waals surface area contributed by atoms with Gasteiger partial charge in [-0.2, -0.15) is 0 Å². The van der Waals surface area contributed by atoms with E-state index in [9.17, 15) is 9.18 Å². The molecule has 0 bridgehead atoms. The first-order valence-corrected chi connectivity index (χ1v) is 17.4. The molecule has 0 spiro atoms. The number of hydrogen-bond donors (Lipinski definition) is 1. The van der Waals surface area contributed by atoms with Crippen molar-refractivity contribution < 1.29 is 13.9 Å². The van der Waals surface area contributed by atoms with E-state index in [2.05, 4.69) is 31.9 Å². The molecule has 1 saturated heterocycles. The fourth-order valence-corrected chi connectivity index (χ4v) is 9.00. The van der Waals surface area contributed by atoms with Crippen molar-refractivity contribution in [3.8, 4) is 22.8 Å². The Morgan fingerprint density at radius 3 is 2.74 bits per heavy atom. The van der Waals surface area contributed by atoms with Crippen molar-refractivity contribution in [2.24, 2.45) is 0 Å². The van der Waals surface area contributed by atoms with Crippen LogP contribution >= 0.6 is 31.4 Å². The van der Waals surface area contributed by atoms with E-state index < -0.39 is 19.8 Å². The number of halogens is 3. The van der Waals surface area contributed by atoms with Gasteiger partial charge >= 0.3 is 215 Å². The van der Waals surface area contributed by atoms with Gasteiger partial charge in [0.15, 0.2) is 0 Å². The Hall–Kier alpha value is -2.95. The number of morpholine rings is 1. The molecular weight excluding hydrogens is 620 g/mol. The van der Waals surface area contributed by atoms with Gasteiger partial charge in [-0.05, 0) is 0 Å². The van der Waals surface area contributed by atoms with Gasteiger partial charge in [-0.25, -0.2) is 0 Å². The van der Waals surface area contributed by atoms with Crippen molar-refractivity contribution in [2.75, 3.05) is 36.1 Å². The number of nitrogens with zero attached hydrogens (tertiary/aromatic N) is 2. The van der Waals surface area contributed by atoms with Crippen LogP contribution < -0.4 is 15.2 Å². The molecule has 4 heterocycles. The number of alkyl halides is 2. The van der Waals surface area contributed by atoms with Crippen molar-refractivity contribution >= 4 is 37.1 Å². The third kappa shape index (κ3) is 5.30. The molecule has 0 saturated carbocycles.